The predicted molar refractivity (Wildman–Crippen MR) is 114 cm³/mol. The molecule has 170 valence electrons. The molecule has 0 spiro atoms. The molecule has 0 atom stereocenters. The molecule has 0 aliphatic rings. The number of carbonyl (C=O) groups is 2. The van der Waals surface area contributed by atoms with Crippen molar-refractivity contribution < 1.29 is 29.0 Å². The molecule has 2 rings (SSSR count). The van der Waals surface area contributed by atoms with E-state index in [4.69, 9.17) is 14.7 Å². The van der Waals surface area contributed by atoms with Gasteiger partial charge in [-0.1, -0.05) is 6.07 Å². The minimum absolute atomic E-state index is 0.316. The van der Waals surface area contributed by atoms with Gasteiger partial charge < -0.3 is 20.1 Å². The quantitative estimate of drug-likeness (QED) is 0.503. The van der Waals surface area contributed by atoms with Gasteiger partial charge in [0.05, 0.1) is 6.54 Å². The Morgan fingerprint density at radius 3 is 1.90 bits per heavy atom. The van der Waals surface area contributed by atoms with Crippen LogP contribution in [0.2, 0.25) is 0 Å². The molecule has 0 fully saturated rings. The van der Waals surface area contributed by atoms with Gasteiger partial charge in [-0.25, -0.2) is 9.59 Å². The number of hydrogen-bond donors (Lipinski definition) is 3. The molecule has 2 aromatic heterocycles. The topological polar surface area (TPSA) is 114 Å². The fraction of sp³-hybridized carbons (Fsp3) is 0.455. The first kappa shape index (κ1) is 25.7. The lowest BCUT2D eigenvalue weighted by Crippen LogP contribution is -2.33. The van der Waals surface area contributed by atoms with Crippen LogP contribution in [0.4, 0.5) is 9.59 Å². The van der Waals surface area contributed by atoms with Gasteiger partial charge in [-0.3, -0.25) is 10.2 Å². The molecule has 9 heteroatoms. The van der Waals surface area contributed by atoms with E-state index in [1.165, 1.54) is 12.4 Å². The van der Waals surface area contributed by atoms with Crippen molar-refractivity contribution in [2.45, 2.75) is 65.8 Å². The van der Waals surface area contributed by atoms with Gasteiger partial charge in [0, 0.05) is 35.3 Å². The van der Waals surface area contributed by atoms with Crippen LogP contribution in [0.25, 0.3) is 0 Å². The molecule has 2 aromatic rings. The molecule has 0 saturated carbocycles. The second-order valence-corrected chi connectivity index (χ2v) is 8.66. The van der Waals surface area contributed by atoms with E-state index in [1.807, 2.05) is 32.9 Å². The van der Waals surface area contributed by atoms with Crippen molar-refractivity contribution in [2.75, 3.05) is 0 Å². The third-order valence-corrected chi connectivity index (χ3v) is 3.24. The summed E-state index contributed by atoms with van der Waals surface area (Å²) in [6.07, 6.45) is 5.52. The van der Waals surface area contributed by atoms with Crippen LogP contribution in [-0.2, 0) is 22.6 Å². The Morgan fingerprint density at radius 2 is 1.45 bits per heavy atom. The summed E-state index contributed by atoms with van der Waals surface area (Å²) < 4.78 is 11.1. The van der Waals surface area contributed by atoms with Crippen molar-refractivity contribution in [3.8, 4) is 0 Å². The van der Waals surface area contributed by atoms with Gasteiger partial charge in [-0.05, 0) is 59.2 Å². The molecule has 0 unspecified atom stereocenters. The van der Waals surface area contributed by atoms with Crippen molar-refractivity contribution in [1.29, 1.82) is 0 Å². The smallest absolute Gasteiger partial charge is 0.407 e. The Morgan fingerprint density at radius 1 is 0.935 bits per heavy atom. The summed E-state index contributed by atoms with van der Waals surface area (Å²) in [5.74, 6) is 0. The summed E-state index contributed by atoms with van der Waals surface area (Å²) in [7, 11) is 0. The SMILES string of the molecule is CC(C)(C)OC(=O)NCc1ccc[n+](O)c1.CC(C)(C)OC(=O)NCc1cccnc1. The fourth-order valence-corrected chi connectivity index (χ4v) is 2.09. The summed E-state index contributed by atoms with van der Waals surface area (Å²) in [5.41, 5.74) is 0.774. The van der Waals surface area contributed by atoms with Gasteiger partial charge >= 0.3 is 12.2 Å². The Balaban J connectivity index is 0.000000311. The number of aromatic nitrogens is 2. The number of pyridine rings is 2. The molecule has 0 saturated heterocycles. The minimum atomic E-state index is -0.502. The molecule has 31 heavy (non-hydrogen) atoms. The minimum Gasteiger partial charge on any atom is -0.444 e. The van der Waals surface area contributed by atoms with Crippen LogP contribution >= 0.6 is 0 Å². The van der Waals surface area contributed by atoms with Crippen molar-refractivity contribution >= 4 is 12.2 Å². The number of alkyl carbamates (subject to hydrolysis) is 2. The molecule has 2 heterocycles. The predicted octanol–water partition coefficient (Wildman–Crippen LogP) is 3.34. The van der Waals surface area contributed by atoms with Gasteiger partial charge in [-0.15, -0.1) is 0 Å². The maximum Gasteiger partial charge on any atom is 0.407 e. The lowest BCUT2D eigenvalue weighted by Gasteiger charge is -2.19. The van der Waals surface area contributed by atoms with Gasteiger partial charge in [0.1, 0.15) is 11.2 Å². The highest BCUT2D eigenvalue weighted by atomic mass is 16.6. The van der Waals surface area contributed by atoms with E-state index in [0.29, 0.717) is 13.1 Å². The Labute approximate surface area is 183 Å². The van der Waals surface area contributed by atoms with Gasteiger partial charge in [0.25, 0.3) is 0 Å². The molecule has 0 bridgehead atoms. The van der Waals surface area contributed by atoms with Gasteiger partial charge in [0.15, 0.2) is 0 Å². The van der Waals surface area contributed by atoms with Crippen LogP contribution in [0.5, 0.6) is 0 Å². The molecule has 3 N–H and O–H groups in total. The van der Waals surface area contributed by atoms with Crippen LogP contribution in [0.1, 0.15) is 52.7 Å². The van der Waals surface area contributed by atoms with E-state index in [0.717, 1.165) is 15.9 Å². The molecule has 2 amide bonds. The maximum absolute atomic E-state index is 11.3. The first-order valence-electron chi connectivity index (χ1n) is 9.86. The lowest BCUT2D eigenvalue weighted by molar-refractivity contribution is -0.905. The number of rotatable bonds is 4. The van der Waals surface area contributed by atoms with Crippen molar-refractivity contribution in [3.63, 3.8) is 0 Å². The van der Waals surface area contributed by atoms with E-state index in [2.05, 4.69) is 15.6 Å². The number of carbonyl (C=O) groups excluding carboxylic acids is 2. The van der Waals surface area contributed by atoms with Crippen LogP contribution in [0.3, 0.4) is 0 Å². The second-order valence-electron chi connectivity index (χ2n) is 8.66. The highest BCUT2D eigenvalue weighted by Crippen LogP contribution is 2.07. The monoisotopic (exact) mass is 433 g/mol. The summed E-state index contributed by atoms with van der Waals surface area (Å²) in [5, 5.41) is 14.4. The van der Waals surface area contributed by atoms with Crippen LogP contribution in [-0.4, -0.2) is 33.6 Å². The molecular formula is C22H33N4O5+. The average molecular weight is 434 g/mol. The first-order chi connectivity index (χ1) is 14.3. The van der Waals surface area contributed by atoms with Crippen molar-refractivity contribution in [3.05, 3.63) is 60.2 Å². The zero-order valence-electron chi connectivity index (χ0n) is 19.0. The van der Waals surface area contributed by atoms with E-state index in [9.17, 15) is 9.59 Å². The molecule has 9 nitrogen and oxygen atoms in total. The Kier molecular flexibility index (Phi) is 9.72. The van der Waals surface area contributed by atoms with Crippen LogP contribution in [0, 0.1) is 0 Å². The van der Waals surface area contributed by atoms with E-state index >= 15 is 0 Å². The number of ether oxygens (including phenoxy) is 2. The highest BCUT2D eigenvalue weighted by molar-refractivity contribution is 5.68. The standard InChI is InChI=1S/C11H16N2O3.C11H16N2O2/c1-11(2,3)16-10(14)12-7-9-5-4-6-13(15)8-9;1-11(2,3)15-10(14)13-8-9-5-4-6-12-7-9/h4-6,8H,7H2,1-3H3,(H-,12,14,15);4-7H,8H2,1-3H3,(H,13,14)/p+1. The molecule has 0 aliphatic carbocycles. The molecule has 0 aliphatic heterocycles. The summed E-state index contributed by atoms with van der Waals surface area (Å²) >= 11 is 0. The zero-order valence-corrected chi connectivity index (χ0v) is 19.0. The summed E-state index contributed by atoms with van der Waals surface area (Å²) in [4.78, 5) is 26.5. The molecular weight excluding hydrogens is 400 g/mol. The number of nitrogens with one attached hydrogen (secondary N) is 2. The fourth-order valence-electron chi connectivity index (χ4n) is 2.09. The Hall–Kier alpha value is -3.36. The lowest BCUT2D eigenvalue weighted by atomic mass is 10.2. The summed E-state index contributed by atoms with van der Waals surface area (Å²) in [6, 6.07) is 7.20. The van der Waals surface area contributed by atoms with Gasteiger partial charge in [-0.2, -0.15) is 0 Å². The maximum atomic E-state index is 11.3. The van der Waals surface area contributed by atoms with E-state index in [1.54, 1.807) is 45.3 Å². The van der Waals surface area contributed by atoms with Gasteiger partial charge in [0.2, 0.25) is 12.4 Å². The van der Waals surface area contributed by atoms with Crippen LogP contribution in [0.15, 0.2) is 49.1 Å². The van der Waals surface area contributed by atoms with Crippen LogP contribution < -0.4 is 15.4 Å². The number of nitrogens with zero attached hydrogens (tertiary/aromatic N) is 2. The first-order valence-corrected chi connectivity index (χ1v) is 9.86. The Bertz CT molecular complexity index is 830. The second kappa shape index (κ2) is 11.7. The number of amides is 2. The average Bonchev–Trinajstić information content (AvgIpc) is 2.64. The molecule has 0 radical (unpaired) electrons. The third-order valence-electron chi connectivity index (χ3n) is 3.24. The normalized spacial score (nSPS) is 10.9. The van der Waals surface area contributed by atoms with Crippen molar-refractivity contribution in [1.82, 2.24) is 15.6 Å². The highest BCUT2D eigenvalue weighted by Gasteiger charge is 2.16. The van der Waals surface area contributed by atoms with E-state index < -0.39 is 23.4 Å². The van der Waals surface area contributed by atoms with E-state index in [-0.39, 0.29) is 0 Å². The summed E-state index contributed by atoms with van der Waals surface area (Å²) in [6.45, 7) is 11.6. The third kappa shape index (κ3) is 13.5. The largest absolute Gasteiger partial charge is 0.444 e. The molecule has 0 aromatic carbocycles. The number of hydrogen-bond acceptors (Lipinski definition) is 6. The zero-order chi connectivity index (χ0) is 23.5. The van der Waals surface area contributed by atoms with Crippen molar-refractivity contribution in [2.24, 2.45) is 0 Å².